The van der Waals surface area contributed by atoms with Crippen LogP contribution in [0.2, 0.25) is 0 Å². The molecule has 2 amide bonds. The standard InChI is InChI=1S/C17H18N4O3/c1-13(11-16(22)19-15-9-5-6-10-18-15)20-21-17(23)12-24-14-7-3-2-4-8-14/h2-10H,11-12H2,1H3,(H,21,23)(H,18,19,22)/b20-13-. The van der Waals surface area contributed by atoms with Gasteiger partial charge in [-0.3, -0.25) is 9.59 Å². The molecule has 0 atom stereocenters. The van der Waals surface area contributed by atoms with Crippen LogP contribution in [0.4, 0.5) is 5.82 Å². The summed E-state index contributed by atoms with van der Waals surface area (Å²) in [5, 5.41) is 6.51. The van der Waals surface area contributed by atoms with Crippen LogP contribution in [0.25, 0.3) is 0 Å². The highest BCUT2D eigenvalue weighted by molar-refractivity contribution is 6.05. The fraction of sp³-hybridized carbons (Fsp3) is 0.176. The summed E-state index contributed by atoms with van der Waals surface area (Å²) in [6.45, 7) is 1.50. The number of hydrogen-bond acceptors (Lipinski definition) is 5. The number of rotatable bonds is 7. The fourth-order valence-corrected chi connectivity index (χ4v) is 1.75. The van der Waals surface area contributed by atoms with E-state index in [0.717, 1.165) is 0 Å². The lowest BCUT2D eigenvalue weighted by molar-refractivity contribution is -0.123. The molecular formula is C17H18N4O3. The number of nitrogens with zero attached hydrogens (tertiary/aromatic N) is 2. The zero-order valence-electron chi connectivity index (χ0n) is 13.2. The second-order valence-corrected chi connectivity index (χ2v) is 4.92. The third-order valence-electron chi connectivity index (χ3n) is 2.83. The molecule has 1 aromatic carbocycles. The number of pyridine rings is 1. The van der Waals surface area contributed by atoms with Crippen molar-refractivity contribution in [1.29, 1.82) is 0 Å². The van der Waals surface area contributed by atoms with Crippen molar-refractivity contribution >= 4 is 23.3 Å². The Morgan fingerprint density at radius 2 is 1.83 bits per heavy atom. The summed E-state index contributed by atoms with van der Waals surface area (Å²) in [7, 11) is 0. The Morgan fingerprint density at radius 1 is 1.08 bits per heavy atom. The molecule has 2 N–H and O–H groups in total. The van der Waals surface area contributed by atoms with Crippen molar-refractivity contribution in [3.8, 4) is 5.75 Å². The number of anilines is 1. The molecule has 2 rings (SSSR count). The van der Waals surface area contributed by atoms with Crippen LogP contribution in [0.5, 0.6) is 5.75 Å². The van der Waals surface area contributed by atoms with Crippen molar-refractivity contribution in [2.45, 2.75) is 13.3 Å². The summed E-state index contributed by atoms with van der Waals surface area (Å²) in [6.07, 6.45) is 1.64. The monoisotopic (exact) mass is 326 g/mol. The van der Waals surface area contributed by atoms with Gasteiger partial charge in [-0.25, -0.2) is 10.4 Å². The summed E-state index contributed by atoms with van der Waals surface area (Å²) in [5.41, 5.74) is 2.82. The average molecular weight is 326 g/mol. The lowest BCUT2D eigenvalue weighted by atomic mass is 10.3. The lowest BCUT2D eigenvalue weighted by Gasteiger charge is -2.06. The first-order valence-corrected chi connectivity index (χ1v) is 7.34. The zero-order chi connectivity index (χ0) is 17.2. The van der Waals surface area contributed by atoms with E-state index in [9.17, 15) is 9.59 Å². The van der Waals surface area contributed by atoms with Gasteiger partial charge in [0.05, 0.1) is 6.42 Å². The number of hydrogen-bond donors (Lipinski definition) is 2. The molecule has 1 heterocycles. The molecule has 0 unspecified atom stereocenters. The molecule has 0 fully saturated rings. The Balaban J connectivity index is 1.72. The molecule has 0 radical (unpaired) electrons. The van der Waals surface area contributed by atoms with Gasteiger partial charge in [-0.1, -0.05) is 24.3 Å². The van der Waals surface area contributed by atoms with Crippen LogP contribution in [-0.4, -0.2) is 29.1 Å². The quantitative estimate of drug-likeness (QED) is 0.601. The Morgan fingerprint density at radius 3 is 2.54 bits per heavy atom. The maximum atomic E-state index is 11.8. The summed E-state index contributed by atoms with van der Waals surface area (Å²) in [5.74, 6) is 0.409. The third-order valence-corrected chi connectivity index (χ3v) is 2.83. The Labute approximate surface area is 139 Å². The predicted octanol–water partition coefficient (Wildman–Crippen LogP) is 1.98. The maximum absolute atomic E-state index is 11.8. The molecule has 0 saturated carbocycles. The van der Waals surface area contributed by atoms with Crippen LogP contribution in [-0.2, 0) is 9.59 Å². The second kappa shape index (κ2) is 9.04. The van der Waals surface area contributed by atoms with Crippen molar-refractivity contribution in [3.63, 3.8) is 0 Å². The summed E-state index contributed by atoms with van der Waals surface area (Å²) >= 11 is 0. The molecule has 0 aliphatic rings. The number of aromatic nitrogens is 1. The number of ether oxygens (including phenoxy) is 1. The van der Waals surface area contributed by atoms with Crippen LogP contribution < -0.4 is 15.5 Å². The van der Waals surface area contributed by atoms with Crippen molar-refractivity contribution in [3.05, 3.63) is 54.7 Å². The molecule has 0 bridgehead atoms. The van der Waals surface area contributed by atoms with Gasteiger partial charge in [-0.05, 0) is 31.2 Å². The minimum absolute atomic E-state index is 0.0520. The van der Waals surface area contributed by atoms with Crippen LogP contribution in [0.3, 0.4) is 0 Å². The minimum Gasteiger partial charge on any atom is -0.484 e. The van der Waals surface area contributed by atoms with E-state index in [-0.39, 0.29) is 18.9 Å². The van der Waals surface area contributed by atoms with Crippen LogP contribution >= 0.6 is 0 Å². The van der Waals surface area contributed by atoms with E-state index in [1.807, 2.05) is 18.2 Å². The number of hydrazone groups is 1. The number of carbonyl (C=O) groups is 2. The molecule has 1 aromatic heterocycles. The van der Waals surface area contributed by atoms with Crippen LogP contribution in [0.15, 0.2) is 59.8 Å². The molecule has 7 nitrogen and oxygen atoms in total. The van der Waals surface area contributed by atoms with Gasteiger partial charge >= 0.3 is 0 Å². The van der Waals surface area contributed by atoms with E-state index in [1.165, 1.54) is 0 Å². The fourth-order valence-electron chi connectivity index (χ4n) is 1.75. The molecule has 0 spiro atoms. The van der Waals surface area contributed by atoms with E-state index in [0.29, 0.717) is 17.3 Å². The molecule has 0 aliphatic heterocycles. The zero-order valence-corrected chi connectivity index (χ0v) is 13.2. The molecule has 7 heteroatoms. The van der Waals surface area contributed by atoms with Gasteiger partial charge in [0.15, 0.2) is 6.61 Å². The molecule has 124 valence electrons. The molecular weight excluding hydrogens is 308 g/mol. The summed E-state index contributed by atoms with van der Waals surface area (Å²) in [6, 6.07) is 14.2. The number of benzene rings is 1. The topological polar surface area (TPSA) is 92.7 Å². The largest absolute Gasteiger partial charge is 0.484 e. The number of nitrogens with one attached hydrogen (secondary N) is 2. The van der Waals surface area contributed by atoms with Crippen molar-refractivity contribution in [1.82, 2.24) is 10.4 Å². The highest BCUT2D eigenvalue weighted by Gasteiger charge is 2.06. The minimum atomic E-state index is -0.400. The number of amides is 2. The van der Waals surface area contributed by atoms with Gasteiger partial charge in [0.1, 0.15) is 11.6 Å². The van der Waals surface area contributed by atoms with Gasteiger partial charge in [0.2, 0.25) is 5.91 Å². The number of carbonyl (C=O) groups excluding carboxylic acids is 2. The normalized spacial score (nSPS) is 10.8. The van der Waals surface area contributed by atoms with Crippen molar-refractivity contribution < 1.29 is 14.3 Å². The van der Waals surface area contributed by atoms with E-state index < -0.39 is 5.91 Å². The average Bonchev–Trinajstić information content (AvgIpc) is 2.60. The van der Waals surface area contributed by atoms with Gasteiger partial charge in [-0.2, -0.15) is 5.10 Å². The van der Waals surface area contributed by atoms with Crippen LogP contribution in [0.1, 0.15) is 13.3 Å². The van der Waals surface area contributed by atoms with Gasteiger partial charge < -0.3 is 10.1 Å². The molecule has 2 aromatic rings. The Kier molecular flexibility index (Phi) is 6.46. The third kappa shape index (κ3) is 6.27. The first-order valence-electron chi connectivity index (χ1n) is 7.34. The second-order valence-electron chi connectivity index (χ2n) is 4.92. The van der Waals surface area contributed by atoms with Crippen LogP contribution in [0, 0.1) is 0 Å². The van der Waals surface area contributed by atoms with E-state index in [2.05, 4.69) is 20.8 Å². The first-order chi connectivity index (χ1) is 11.6. The Bertz CT molecular complexity index is 702. The van der Waals surface area contributed by atoms with Gasteiger partial charge in [0.25, 0.3) is 5.91 Å². The molecule has 0 aliphatic carbocycles. The molecule has 0 saturated heterocycles. The first kappa shape index (κ1) is 17.1. The number of para-hydroxylation sites is 1. The van der Waals surface area contributed by atoms with Crippen molar-refractivity contribution in [2.75, 3.05) is 11.9 Å². The van der Waals surface area contributed by atoms with Crippen molar-refractivity contribution in [2.24, 2.45) is 5.10 Å². The van der Waals surface area contributed by atoms with Gasteiger partial charge in [-0.15, -0.1) is 0 Å². The van der Waals surface area contributed by atoms with E-state index >= 15 is 0 Å². The van der Waals surface area contributed by atoms with Gasteiger partial charge in [0, 0.05) is 11.9 Å². The predicted molar refractivity (Wildman–Crippen MR) is 90.7 cm³/mol. The Hall–Kier alpha value is -3.22. The summed E-state index contributed by atoms with van der Waals surface area (Å²) in [4.78, 5) is 27.4. The lowest BCUT2D eigenvalue weighted by Crippen LogP contribution is -2.26. The maximum Gasteiger partial charge on any atom is 0.277 e. The SMILES string of the molecule is C/C(CC(=O)Nc1ccccn1)=N/NC(=O)COc1ccccc1. The van der Waals surface area contributed by atoms with E-state index in [1.54, 1.807) is 43.5 Å². The molecule has 24 heavy (non-hydrogen) atoms. The highest BCUT2D eigenvalue weighted by Crippen LogP contribution is 2.07. The smallest absolute Gasteiger partial charge is 0.277 e. The van der Waals surface area contributed by atoms with E-state index in [4.69, 9.17) is 4.74 Å². The summed E-state index contributed by atoms with van der Waals surface area (Å²) < 4.78 is 5.29. The highest BCUT2D eigenvalue weighted by atomic mass is 16.5.